The lowest BCUT2D eigenvalue weighted by Gasteiger charge is -2.15. The minimum Gasteiger partial charge on any atom is -0.494 e. The van der Waals surface area contributed by atoms with Crippen molar-refractivity contribution in [1.82, 2.24) is 4.90 Å². The molecule has 0 saturated heterocycles. The molecule has 1 heterocycles. The molecule has 0 aliphatic heterocycles. The van der Waals surface area contributed by atoms with Gasteiger partial charge in [0, 0.05) is 18.6 Å². The first-order valence-corrected chi connectivity index (χ1v) is 7.62. The maximum atomic E-state index is 12.0. The zero-order chi connectivity index (χ0) is 15.2. The number of halogens is 2. The molecule has 2 rings (SSSR count). The molecule has 1 aromatic carbocycles. The lowest BCUT2D eigenvalue weighted by atomic mass is 10.3. The first-order valence-electron chi connectivity index (χ1n) is 6.45. The predicted octanol–water partition coefficient (Wildman–Crippen LogP) is 4.24. The Morgan fingerprint density at radius 2 is 2.00 bits per heavy atom. The summed E-state index contributed by atoms with van der Waals surface area (Å²) in [5, 5.41) is 0.678. The number of nitrogens with zero attached hydrogens (tertiary/aromatic N) is 1. The molecule has 21 heavy (non-hydrogen) atoms. The standard InChI is InChI=1S/C15H15BrClNO3/c1-18(15(19)13-7-8-14(16)21-13)9-2-10-20-12-5-3-11(17)4-6-12/h3-8H,2,9-10H2,1H3. The van der Waals surface area contributed by atoms with Crippen LogP contribution in [-0.2, 0) is 0 Å². The molecule has 0 bridgehead atoms. The Balaban J connectivity index is 1.73. The molecule has 2 aromatic rings. The molecule has 4 nitrogen and oxygen atoms in total. The van der Waals surface area contributed by atoms with Gasteiger partial charge in [0.05, 0.1) is 6.61 Å². The first-order chi connectivity index (χ1) is 10.1. The summed E-state index contributed by atoms with van der Waals surface area (Å²) in [4.78, 5) is 13.6. The van der Waals surface area contributed by atoms with Gasteiger partial charge >= 0.3 is 0 Å². The Hall–Kier alpha value is -1.46. The van der Waals surface area contributed by atoms with Crippen molar-refractivity contribution in [2.75, 3.05) is 20.2 Å². The molecule has 112 valence electrons. The second-order valence-corrected chi connectivity index (χ2v) is 5.70. The Morgan fingerprint density at radius 1 is 1.29 bits per heavy atom. The van der Waals surface area contributed by atoms with Crippen LogP contribution in [0.1, 0.15) is 17.0 Å². The van der Waals surface area contributed by atoms with Crippen LogP contribution < -0.4 is 4.74 Å². The Morgan fingerprint density at radius 3 is 2.62 bits per heavy atom. The third kappa shape index (κ3) is 4.79. The van der Waals surface area contributed by atoms with Crippen LogP contribution in [0.25, 0.3) is 0 Å². The van der Waals surface area contributed by atoms with E-state index in [9.17, 15) is 4.79 Å². The first kappa shape index (κ1) is 15.9. The van der Waals surface area contributed by atoms with E-state index in [4.69, 9.17) is 20.8 Å². The highest BCUT2D eigenvalue weighted by atomic mass is 79.9. The molecule has 0 fully saturated rings. The molecule has 0 saturated carbocycles. The van der Waals surface area contributed by atoms with Crippen molar-refractivity contribution in [2.24, 2.45) is 0 Å². The van der Waals surface area contributed by atoms with E-state index in [0.717, 1.165) is 12.2 Å². The zero-order valence-corrected chi connectivity index (χ0v) is 13.9. The lowest BCUT2D eigenvalue weighted by molar-refractivity contribution is 0.0755. The van der Waals surface area contributed by atoms with E-state index in [0.29, 0.717) is 28.6 Å². The van der Waals surface area contributed by atoms with Gasteiger partial charge in [-0.05, 0) is 58.7 Å². The predicted molar refractivity (Wildman–Crippen MR) is 84.9 cm³/mol. The highest BCUT2D eigenvalue weighted by Gasteiger charge is 2.15. The van der Waals surface area contributed by atoms with Gasteiger partial charge in [0.1, 0.15) is 5.75 Å². The molecule has 1 amide bonds. The van der Waals surface area contributed by atoms with Crippen LogP contribution >= 0.6 is 27.5 Å². The van der Waals surface area contributed by atoms with Crippen molar-refractivity contribution in [3.63, 3.8) is 0 Å². The van der Waals surface area contributed by atoms with Gasteiger partial charge in [-0.2, -0.15) is 0 Å². The van der Waals surface area contributed by atoms with Crippen LogP contribution in [0.5, 0.6) is 5.75 Å². The second kappa shape index (κ2) is 7.52. The van der Waals surface area contributed by atoms with E-state index in [-0.39, 0.29) is 5.91 Å². The summed E-state index contributed by atoms with van der Waals surface area (Å²) in [5.41, 5.74) is 0. The quantitative estimate of drug-likeness (QED) is 0.712. The molecular weight excluding hydrogens is 358 g/mol. The molecule has 0 aliphatic rings. The average molecular weight is 373 g/mol. The number of furan rings is 1. The van der Waals surface area contributed by atoms with Crippen LogP contribution in [0.4, 0.5) is 0 Å². The number of carbonyl (C=O) groups excluding carboxylic acids is 1. The molecule has 0 unspecified atom stereocenters. The second-order valence-electron chi connectivity index (χ2n) is 4.49. The molecule has 0 aliphatic carbocycles. The summed E-state index contributed by atoms with van der Waals surface area (Å²) in [6.07, 6.45) is 0.729. The van der Waals surface area contributed by atoms with Crippen molar-refractivity contribution < 1.29 is 13.9 Å². The van der Waals surface area contributed by atoms with Crippen LogP contribution in [0.15, 0.2) is 45.5 Å². The Bertz CT molecular complexity index is 597. The summed E-state index contributed by atoms with van der Waals surface area (Å²) >= 11 is 8.97. The van der Waals surface area contributed by atoms with Crippen molar-refractivity contribution in [1.29, 1.82) is 0 Å². The fourth-order valence-corrected chi connectivity index (χ4v) is 2.17. The minimum atomic E-state index is -0.146. The Kier molecular flexibility index (Phi) is 5.70. The average Bonchev–Trinajstić information content (AvgIpc) is 2.91. The largest absolute Gasteiger partial charge is 0.494 e. The van der Waals surface area contributed by atoms with E-state index in [2.05, 4.69) is 15.9 Å². The van der Waals surface area contributed by atoms with E-state index >= 15 is 0 Å². The van der Waals surface area contributed by atoms with Gasteiger partial charge in [0.25, 0.3) is 5.91 Å². The third-order valence-corrected chi connectivity index (χ3v) is 3.53. The Labute approximate surface area is 136 Å². The van der Waals surface area contributed by atoms with Crippen molar-refractivity contribution in [3.8, 4) is 5.75 Å². The van der Waals surface area contributed by atoms with Gasteiger partial charge in [-0.1, -0.05) is 11.6 Å². The number of carbonyl (C=O) groups is 1. The topological polar surface area (TPSA) is 42.7 Å². The molecule has 0 spiro atoms. The SMILES string of the molecule is CN(CCCOc1ccc(Cl)cc1)C(=O)c1ccc(Br)o1. The fourth-order valence-electron chi connectivity index (χ4n) is 1.74. The van der Waals surface area contributed by atoms with Gasteiger partial charge < -0.3 is 14.1 Å². The van der Waals surface area contributed by atoms with E-state index in [1.54, 1.807) is 36.2 Å². The van der Waals surface area contributed by atoms with Crippen molar-refractivity contribution >= 4 is 33.4 Å². The summed E-state index contributed by atoms with van der Waals surface area (Å²) < 4.78 is 11.4. The van der Waals surface area contributed by atoms with Crippen molar-refractivity contribution in [3.05, 3.63) is 51.9 Å². The zero-order valence-electron chi connectivity index (χ0n) is 11.5. The molecule has 0 N–H and O–H groups in total. The highest BCUT2D eigenvalue weighted by molar-refractivity contribution is 9.10. The summed E-state index contributed by atoms with van der Waals surface area (Å²) in [7, 11) is 1.74. The number of benzene rings is 1. The van der Waals surface area contributed by atoms with E-state index in [1.807, 2.05) is 12.1 Å². The van der Waals surface area contributed by atoms with Gasteiger partial charge in [-0.15, -0.1) is 0 Å². The smallest absolute Gasteiger partial charge is 0.289 e. The summed E-state index contributed by atoms with van der Waals surface area (Å²) in [5.74, 6) is 0.943. The maximum absolute atomic E-state index is 12.0. The van der Waals surface area contributed by atoms with Gasteiger partial charge in [0.15, 0.2) is 10.4 Å². The number of amides is 1. The van der Waals surface area contributed by atoms with Crippen LogP contribution in [0, 0.1) is 0 Å². The van der Waals surface area contributed by atoms with E-state index < -0.39 is 0 Å². The number of hydrogen-bond acceptors (Lipinski definition) is 3. The van der Waals surface area contributed by atoms with Gasteiger partial charge in [0.2, 0.25) is 0 Å². The fraction of sp³-hybridized carbons (Fsp3) is 0.267. The third-order valence-electron chi connectivity index (χ3n) is 2.85. The number of hydrogen-bond donors (Lipinski definition) is 0. The van der Waals surface area contributed by atoms with Crippen LogP contribution in [0.2, 0.25) is 5.02 Å². The van der Waals surface area contributed by atoms with Crippen LogP contribution in [0.3, 0.4) is 0 Å². The molecule has 1 aromatic heterocycles. The molecular formula is C15H15BrClNO3. The van der Waals surface area contributed by atoms with Crippen molar-refractivity contribution in [2.45, 2.75) is 6.42 Å². The van der Waals surface area contributed by atoms with Crippen LogP contribution in [-0.4, -0.2) is 31.0 Å². The highest BCUT2D eigenvalue weighted by Crippen LogP contribution is 2.16. The molecule has 6 heteroatoms. The van der Waals surface area contributed by atoms with Gasteiger partial charge in [-0.25, -0.2) is 0 Å². The summed E-state index contributed by atoms with van der Waals surface area (Å²) in [6.45, 7) is 1.12. The maximum Gasteiger partial charge on any atom is 0.289 e. The number of rotatable bonds is 6. The summed E-state index contributed by atoms with van der Waals surface area (Å²) in [6, 6.07) is 10.5. The monoisotopic (exact) mass is 371 g/mol. The molecule has 0 radical (unpaired) electrons. The number of ether oxygens (including phenoxy) is 1. The van der Waals surface area contributed by atoms with Gasteiger partial charge in [-0.3, -0.25) is 4.79 Å². The lowest BCUT2D eigenvalue weighted by Crippen LogP contribution is -2.28. The molecule has 0 atom stereocenters. The van der Waals surface area contributed by atoms with E-state index in [1.165, 1.54) is 0 Å². The minimum absolute atomic E-state index is 0.146. The normalized spacial score (nSPS) is 10.4.